The van der Waals surface area contributed by atoms with Crippen LogP contribution < -0.4 is 11.1 Å². The number of aryl methyl sites for hydroxylation is 1. The molecule has 0 atom stereocenters. The SMILES string of the molecule is Cc1cccc(NC(=O)CCSc2nc(N)c(C#N)c(C(C)C)c2C#N)c1C. The molecular weight excluding hydrogens is 370 g/mol. The first-order valence-electron chi connectivity index (χ1n) is 8.92. The van der Waals surface area contributed by atoms with Gasteiger partial charge in [-0.05, 0) is 42.5 Å². The molecule has 144 valence electrons. The quantitative estimate of drug-likeness (QED) is 0.708. The normalized spacial score (nSPS) is 10.4. The summed E-state index contributed by atoms with van der Waals surface area (Å²) in [4.78, 5) is 16.5. The van der Waals surface area contributed by atoms with Gasteiger partial charge in [-0.1, -0.05) is 26.0 Å². The van der Waals surface area contributed by atoms with Gasteiger partial charge in [-0.2, -0.15) is 10.5 Å². The number of amides is 1. The predicted molar refractivity (Wildman–Crippen MR) is 112 cm³/mol. The van der Waals surface area contributed by atoms with E-state index in [4.69, 9.17) is 5.73 Å². The van der Waals surface area contributed by atoms with Crippen molar-refractivity contribution in [1.82, 2.24) is 4.98 Å². The number of nitrogens with two attached hydrogens (primary N) is 1. The number of anilines is 2. The molecule has 28 heavy (non-hydrogen) atoms. The standard InChI is InChI=1S/C21H23N5OS/c1-12(2)19-15(10-22)20(24)26-21(16(19)11-23)28-9-8-18(27)25-17-7-5-6-13(3)14(17)4/h5-7,12H,8-9H2,1-4H3,(H2,24,26)(H,25,27). The fraction of sp³-hybridized carbons (Fsp3) is 0.333. The molecule has 0 radical (unpaired) electrons. The van der Waals surface area contributed by atoms with Crippen molar-refractivity contribution >= 4 is 29.2 Å². The molecule has 3 N–H and O–H groups in total. The van der Waals surface area contributed by atoms with E-state index in [2.05, 4.69) is 16.4 Å². The minimum absolute atomic E-state index is 0.0402. The van der Waals surface area contributed by atoms with Crippen molar-refractivity contribution in [3.05, 3.63) is 46.0 Å². The lowest BCUT2D eigenvalue weighted by Gasteiger charge is -2.15. The molecule has 0 bridgehead atoms. The van der Waals surface area contributed by atoms with E-state index in [1.165, 1.54) is 11.8 Å². The van der Waals surface area contributed by atoms with Crippen LogP contribution in [0.1, 0.15) is 54.0 Å². The molecule has 1 amide bonds. The van der Waals surface area contributed by atoms with Crippen LogP contribution in [-0.4, -0.2) is 16.6 Å². The summed E-state index contributed by atoms with van der Waals surface area (Å²) in [5.41, 5.74) is 10.1. The summed E-state index contributed by atoms with van der Waals surface area (Å²) in [7, 11) is 0. The number of carbonyl (C=O) groups excluding carboxylic acids is 1. The number of hydrogen-bond donors (Lipinski definition) is 2. The zero-order valence-corrected chi connectivity index (χ0v) is 17.3. The molecule has 0 fully saturated rings. The first-order chi connectivity index (χ1) is 13.3. The zero-order chi connectivity index (χ0) is 20.8. The van der Waals surface area contributed by atoms with Crippen molar-refractivity contribution < 1.29 is 4.79 Å². The summed E-state index contributed by atoms with van der Waals surface area (Å²) in [6.07, 6.45) is 0.265. The Morgan fingerprint density at radius 2 is 1.93 bits per heavy atom. The van der Waals surface area contributed by atoms with E-state index in [1.807, 2.05) is 52.0 Å². The van der Waals surface area contributed by atoms with Gasteiger partial charge in [0, 0.05) is 17.9 Å². The van der Waals surface area contributed by atoms with Crippen LogP contribution in [-0.2, 0) is 4.79 Å². The van der Waals surface area contributed by atoms with Crippen molar-refractivity contribution in [2.75, 3.05) is 16.8 Å². The Kier molecular flexibility index (Phi) is 7.03. The molecule has 0 saturated heterocycles. The molecule has 1 heterocycles. The number of hydrogen-bond acceptors (Lipinski definition) is 6. The van der Waals surface area contributed by atoms with Crippen LogP contribution in [0.3, 0.4) is 0 Å². The Hall–Kier alpha value is -3.03. The van der Waals surface area contributed by atoms with Crippen LogP contribution in [0.5, 0.6) is 0 Å². The van der Waals surface area contributed by atoms with Crippen LogP contribution >= 0.6 is 11.8 Å². The average Bonchev–Trinajstić information content (AvgIpc) is 2.64. The van der Waals surface area contributed by atoms with Crippen LogP contribution in [0.2, 0.25) is 0 Å². The summed E-state index contributed by atoms with van der Waals surface area (Å²) >= 11 is 1.30. The van der Waals surface area contributed by atoms with E-state index in [0.29, 0.717) is 21.9 Å². The third-order valence-electron chi connectivity index (χ3n) is 4.48. The first kappa shape index (κ1) is 21.3. The molecule has 7 heteroatoms. The Balaban J connectivity index is 2.13. The molecule has 0 aliphatic rings. The smallest absolute Gasteiger partial charge is 0.225 e. The van der Waals surface area contributed by atoms with Gasteiger partial charge in [0.2, 0.25) is 5.91 Å². The van der Waals surface area contributed by atoms with Crippen molar-refractivity contribution in [2.45, 2.75) is 45.1 Å². The van der Waals surface area contributed by atoms with Crippen LogP contribution in [0, 0.1) is 36.5 Å². The number of carbonyl (C=O) groups is 1. The molecule has 2 aromatic rings. The average molecular weight is 394 g/mol. The first-order valence-corrected chi connectivity index (χ1v) is 9.91. The Bertz CT molecular complexity index is 986. The maximum atomic E-state index is 12.3. The number of nitriles is 2. The van der Waals surface area contributed by atoms with Gasteiger partial charge in [0.15, 0.2) is 0 Å². The van der Waals surface area contributed by atoms with Crippen LogP contribution in [0.25, 0.3) is 0 Å². The third kappa shape index (κ3) is 4.62. The molecule has 1 aromatic carbocycles. The molecule has 1 aromatic heterocycles. The molecular formula is C21H23N5OS. The number of nitrogen functional groups attached to an aromatic ring is 1. The number of thioether (sulfide) groups is 1. The van der Waals surface area contributed by atoms with E-state index in [0.717, 1.165) is 16.8 Å². The monoisotopic (exact) mass is 393 g/mol. The fourth-order valence-electron chi connectivity index (χ4n) is 2.85. The number of nitrogens with one attached hydrogen (secondary N) is 1. The number of nitrogens with zero attached hydrogens (tertiary/aromatic N) is 3. The van der Waals surface area contributed by atoms with Gasteiger partial charge in [-0.25, -0.2) is 4.98 Å². The number of aromatic nitrogens is 1. The minimum atomic E-state index is -0.106. The number of rotatable bonds is 6. The van der Waals surface area contributed by atoms with E-state index in [9.17, 15) is 15.3 Å². The maximum absolute atomic E-state index is 12.3. The summed E-state index contributed by atoms with van der Waals surface area (Å²) in [5, 5.41) is 22.3. The minimum Gasteiger partial charge on any atom is -0.383 e. The molecule has 6 nitrogen and oxygen atoms in total. The largest absolute Gasteiger partial charge is 0.383 e. The number of pyridine rings is 1. The fourth-order valence-corrected chi connectivity index (χ4v) is 3.79. The third-order valence-corrected chi connectivity index (χ3v) is 5.46. The molecule has 0 aliphatic heterocycles. The van der Waals surface area contributed by atoms with E-state index < -0.39 is 0 Å². The Morgan fingerprint density at radius 1 is 1.25 bits per heavy atom. The Morgan fingerprint density at radius 3 is 2.54 bits per heavy atom. The molecule has 0 spiro atoms. The summed E-state index contributed by atoms with van der Waals surface area (Å²) in [5.74, 6) is 0.417. The van der Waals surface area contributed by atoms with Crippen LogP contribution in [0.4, 0.5) is 11.5 Å². The van der Waals surface area contributed by atoms with Crippen molar-refractivity contribution in [1.29, 1.82) is 10.5 Å². The second-order valence-electron chi connectivity index (χ2n) is 6.74. The Labute approximate surface area is 169 Å². The molecule has 0 aliphatic carbocycles. The molecule has 2 rings (SSSR count). The lowest BCUT2D eigenvalue weighted by molar-refractivity contribution is -0.115. The lowest BCUT2D eigenvalue weighted by Crippen LogP contribution is -2.13. The van der Waals surface area contributed by atoms with Crippen molar-refractivity contribution in [3.63, 3.8) is 0 Å². The van der Waals surface area contributed by atoms with Crippen molar-refractivity contribution in [2.24, 2.45) is 0 Å². The highest BCUT2D eigenvalue weighted by atomic mass is 32.2. The van der Waals surface area contributed by atoms with Gasteiger partial charge in [0.05, 0.1) is 11.1 Å². The summed E-state index contributed by atoms with van der Waals surface area (Å²) in [6, 6.07) is 9.97. The van der Waals surface area contributed by atoms with E-state index >= 15 is 0 Å². The summed E-state index contributed by atoms with van der Waals surface area (Å²) in [6.45, 7) is 7.78. The van der Waals surface area contributed by atoms with E-state index in [1.54, 1.807) is 0 Å². The summed E-state index contributed by atoms with van der Waals surface area (Å²) < 4.78 is 0. The highest BCUT2D eigenvalue weighted by molar-refractivity contribution is 7.99. The van der Waals surface area contributed by atoms with Gasteiger partial charge in [-0.3, -0.25) is 4.79 Å². The van der Waals surface area contributed by atoms with Crippen molar-refractivity contribution in [3.8, 4) is 12.1 Å². The second-order valence-corrected chi connectivity index (χ2v) is 7.82. The zero-order valence-electron chi connectivity index (χ0n) is 16.5. The predicted octanol–water partition coefficient (Wildman–Crippen LogP) is 4.27. The maximum Gasteiger partial charge on any atom is 0.225 e. The van der Waals surface area contributed by atoms with Gasteiger partial charge < -0.3 is 11.1 Å². The lowest BCUT2D eigenvalue weighted by atomic mass is 9.94. The second kappa shape index (κ2) is 9.25. The topological polar surface area (TPSA) is 116 Å². The molecule has 0 unspecified atom stereocenters. The van der Waals surface area contributed by atoms with Gasteiger partial charge in [-0.15, -0.1) is 11.8 Å². The highest BCUT2D eigenvalue weighted by Gasteiger charge is 2.21. The van der Waals surface area contributed by atoms with Gasteiger partial charge >= 0.3 is 0 Å². The van der Waals surface area contributed by atoms with Gasteiger partial charge in [0.25, 0.3) is 0 Å². The molecule has 0 saturated carbocycles. The number of benzene rings is 1. The van der Waals surface area contributed by atoms with Gasteiger partial charge in [0.1, 0.15) is 23.0 Å². The van der Waals surface area contributed by atoms with E-state index in [-0.39, 0.29) is 29.6 Å². The highest BCUT2D eigenvalue weighted by Crippen LogP contribution is 2.33. The van der Waals surface area contributed by atoms with Crippen LogP contribution in [0.15, 0.2) is 23.2 Å².